The minimum absolute atomic E-state index is 0.0326. The van der Waals surface area contributed by atoms with Crippen molar-refractivity contribution in [1.82, 2.24) is 0 Å². The van der Waals surface area contributed by atoms with Crippen LogP contribution in [0.25, 0.3) is 11.0 Å². The molecule has 1 aromatic heterocycles. The van der Waals surface area contributed by atoms with E-state index in [0.717, 1.165) is 16.4 Å². The van der Waals surface area contributed by atoms with E-state index < -0.39 is 0 Å². The Bertz CT molecular complexity index is 367. The van der Waals surface area contributed by atoms with Crippen LogP contribution in [0.5, 0.6) is 0 Å². The Balaban J connectivity index is 2.79. The van der Waals surface area contributed by atoms with Crippen molar-refractivity contribution in [3.8, 4) is 0 Å². The Labute approximate surface area is 64.7 Å². The van der Waals surface area contributed by atoms with E-state index in [1.165, 1.54) is 0 Å². The molecule has 0 amide bonds. The molecule has 0 atom stereocenters. The summed E-state index contributed by atoms with van der Waals surface area (Å²) in [5, 5.41) is 9.93. The first-order valence-corrected chi connectivity index (χ1v) is 3.48. The molecule has 1 aromatic carbocycles. The van der Waals surface area contributed by atoms with Gasteiger partial charge in [-0.3, -0.25) is 0 Å². The van der Waals surface area contributed by atoms with Gasteiger partial charge in [0.15, 0.2) is 0 Å². The maximum absolute atomic E-state index is 8.89. The van der Waals surface area contributed by atoms with Gasteiger partial charge in [-0.2, -0.15) is 0 Å². The molecule has 1 heterocycles. The zero-order valence-corrected chi connectivity index (χ0v) is 5.95. The lowest BCUT2D eigenvalue weighted by atomic mass is 9.88. The fraction of sp³-hybridized carbons (Fsp3) is 0. The van der Waals surface area contributed by atoms with Gasteiger partial charge in [0.25, 0.3) is 0 Å². The van der Waals surface area contributed by atoms with E-state index in [9.17, 15) is 0 Å². The van der Waals surface area contributed by atoms with Gasteiger partial charge in [0, 0.05) is 5.39 Å². The molecule has 0 saturated heterocycles. The number of rotatable bonds is 1. The van der Waals surface area contributed by atoms with Gasteiger partial charge in [0.05, 0.1) is 6.26 Å². The third kappa shape index (κ3) is 0.936. The first kappa shape index (κ1) is 6.49. The second-order valence-electron chi connectivity index (χ2n) is 2.41. The van der Waals surface area contributed by atoms with E-state index >= 15 is 0 Å². The number of furan rings is 1. The van der Waals surface area contributed by atoms with E-state index in [1.807, 2.05) is 24.3 Å². The summed E-state index contributed by atoms with van der Waals surface area (Å²) in [6, 6.07) is 7.60. The number of hydrogen-bond donors (Lipinski definition) is 1. The van der Waals surface area contributed by atoms with Crippen LogP contribution in [0, 0.1) is 0 Å². The molecule has 0 aliphatic carbocycles. The first-order chi connectivity index (χ1) is 5.42. The van der Waals surface area contributed by atoms with Gasteiger partial charge < -0.3 is 9.44 Å². The molecule has 1 N–H and O–H groups in total. The number of hydrogen-bond acceptors (Lipinski definition) is 2. The molecule has 2 rings (SSSR count). The molecule has 0 aliphatic heterocycles. The summed E-state index contributed by atoms with van der Waals surface area (Å²) in [5.74, 6) is 0. The number of para-hydroxylation sites is 1. The fourth-order valence-corrected chi connectivity index (χ4v) is 1.18. The summed E-state index contributed by atoms with van der Waals surface area (Å²) < 4.78 is 5.18. The Morgan fingerprint density at radius 2 is 2.18 bits per heavy atom. The van der Waals surface area contributed by atoms with Crippen LogP contribution in [0.1, 0.15) is 0 Å². The Morgan fingerprint density at radius 3 is 3.00 bits per heavy atom. The molecule has 0 aliphatic rings. The number of benzene rings is 1. The predicted molar refractivity (Wildman–Crippen MR) is 45.2 cm³/mol. The van der Waals surface area contributed by atoms with Crippen LogP contribution < -0.4 is 5.46 Å². The Morgan fingerprint density at radius 1 is 1.27 bits per heavy atom. The highest BCUT2D eigenvalue weighted by Crippen LogP contribution is 2.11. The van der Waals surface area contributed by atoms with Crippen LogP contribution in [-0.4, -0.2) is 12.5 Å². The summed E-state index contributed by atoms with van der Waals surface area (Å²) in [4.78, 5) is 0. The topological polar surface area (TPSA) is 33.4 Å². The molecule has 0 saturated carbocycles. The summed E-state index contributed by atoms with van der Waals surface area (Å²) in [7, 11) is 0.0326. The minimum Gasteiger partial charge on any atom is -0.465 e. The molecule has 11 heavy (non-hydrogen) atoms. The summed E-state index contributed by atoms with van der Waals surface area (Å²) in [6.45, 7) is 0. The fourth-order valence-electron chi connectivity index (χ4n) is 1.18. The highest BCUT2D eigenvalue weighted by atomic mass is 16.3. The van der Waals surface area contributed by atoms with E-state index in [0.29, 0.717) is 0 Å². The maximum atomic E-state index is 8.89. The van der Waals surface area contributed by atoms with Gasteiger partial charge in [0.1, 0.15) is 5.58 Å². The van der Waals surface area contributed by atoms with Crippen LogP contribution in [0.2, 0.25) is 0 Å². The summed E-state index contributed by atoms with van der Waals surface area (Å²) in [5.41, 5.74) is 1.63. The molecule has 2 aromatic rings. The lowest BCUT2D eigenvalue weighted by Crippen LogP contribution is -2.12. The van der Waals surface area contributed by atoms with Crippen molar-refractivity contribution in [3.63, 3.8) is 0 Å². The van der Waals surface area contributed by atoms with Gasteiger partial charge in [-0.25, -0.2) is 0 Å². The first-order valence-electron chi connectivity index (χ1n) is 3.48. The third-order valence-electron chi connectivity index (χ3n) is 1.73. The second-order valence-corrected chi connectivity index (χ2v) is 2.41. The minimum atomic E-state index is 0.0326. The van der Waals surface area contributed by atoms with Gasteiger partial charge in [-0.05, 0) is 11.5 Å². The molecular formula is C8H7BO2. The van der Waals surface area contributed by atoms with Crippen LogP contribution >= 0.6 is 0 Å². The normalized spacial score (nSPS) is 10.3. The van der Waals surface area contributed by atoms with Crippen molar-refractivity contribution < 1.29 is 9.44 Å². The zero-order chi connectivity index (χ0) is 7.68. The largest absolute Gasteiger partial charge is 0.465 e. The Kier molecular flexibility index (Phi) is 1.44. The van der Waals surface area contributed by atoms with E-state index in [1.54, 1.807) is 6.26 Å². The SMILES string of the molecule is OBc1cccc2ccoc12. The average Bonchev–Trinajstić information content (AvgIpc) is 2.50. The monoisotopic (exact) mass is 146 g/mol. The summed E-state index contributed by atoms with van der Waals surface area (Å²) in [6.07, 6.45) is 1.63. The quantitative estimate of drug-likeness (QED) is 0.590. The lowest BCUT2D eigenvalue weighted by molar-refractivity contribution is 0.606. The maximum Gasteiger partial charge on any atom is 0.308 e. The van der Waals surface area contributed by atoms with E-state index in [2.05, 4.69) is 0 Å². The van der Waals surface area contributed by atoms with Gasteiger partial charge in [-0.1, -0.05) is 18.2 Å². The van der Waals surface area contributed by atoms with Crippen LogP contribution in [0.4, 0.5) is 0 Å². The Hall–Kier alpha value is -1.22. The molecule has 2 nitrogen and oxygen atoms in total. The van der Waals surface area contributed by atoms with Crippen molar-refractivity contribution in [2.24, 2.45) is 0 Å². The second kappa shape index (κ2) is 2.44. The predicted octanol–water partition coefficient (Wildman–Crippen LogP) is 0.402. The third-order valence-corrected chi connectivity index (χ3v) is 1.73. The molecule has 3 heteroatoms. The molecule has 0 spiro atoms. The molecule has 0 fully saturated rings. The molecule has 0 radical (unpaired) electrons. The lowest BCUT2D eigenvalue weighted by Gasteiger charge is -1.93. The highest BCUT2D eigenvalue weighted by molar-refractivity contribution is 6.49. The van der Waals surface area contributed by atoms with Crippen LogP contribution in [0.15, 0.2) is 34.9 Å². The average molecular weight is 146 g/mol. The van der Waals surface area contributed by atoms with Gasteiger partial charge in [0.2, 0.25) is 0 Å². The van der Waals surface area contributed by atoms with Crippen molar-refractivity contribution in [3.05, 3.63) is 30.5 Å². The molecular weight excluding hydrogens is 139 g/mol. The molecule has 0 bridgehead atoms. The van der Waals surface area contributed by atoms with Crippen molar-refractivity contribution in [1.29, 1.82) is 0 Å². The number of fused-ring (bicyclic) bond motifs is 1. The van der Waals surface area contributed by atoms with Gasteiger partial charge >= 0.3 is 7.48 Å². The molecule has 0 unspecified atom stereocenters. The molecule has 54 valence electrons. The smallest absolute Gasteiger partial charge is 0.308 e. The van der Waals surface area contributed by atoms with Gasteiger partial charge in [-0.15, -0.1) is 0 Å². The highest BCUT2D eigenvalue weighted by Gasteiger charge is 2.02. The van der Waals surface area contributed by atoms with Crippen LogP contribution in [0.3, 0.4) is 0 Å². The van der Waals surface area contributed by atoms with Crippen molar-refractivity contribution >= 4 is 23.9 Å². The van der Waals surface area contributed by atoms with Crippen LogP contribution in [-0.2, 0) is 0 Å². The van der Waals surface area contributed by atoms with E-state index in [-0.39, 0.29) is 7.48 Å². The van der Waals surface area contributed by atoms with Crippen molar-refractivity contribution in [2.45, 2.75) is 0 Å². The standard InChI is InChI=1S/C8H7BO2/c10-9-7-3-1-2-6-4-5-11-8(6)7/h1-5,9-10H. The van der Waals surface area contributed by atoms with Crippen molar-refractivity contribution in [2.75, 3.05) is 0 Å². The summed E-state index contributed by atoms with van der Waals surface area (Å²) >= 11 is 0. The zero-order valence-electron chi connectivity index (χ0n) is 5.95. The van der Waals surface area contributed by atoms with E-state index in [4.69, 9.17) is 9.44 Å².